The first-order valence-electron chi connectivity index (χ1n) is 12.7. The number of aromatic nitrogens is 1. The Kier molecular flexibility index (Phi) is 9.33. The first kappa shape index (κ1) is 30.1. The van der Waals surface area contributed by atoms with E-state index in [1.54, 1.807) is 6.26 Å². The topological polar surface area (TPSA) is 174 Å². The SMILES string of the molecule is CSC1=C(C(=O)O)N2C(=O)C(NC(=O)/C(=N\OCC(=O)OC(c3ccccc3)c3ccccc3)c3csc(N)n3)[C@H]2SC1. The first-order valence-corrected chi connectivity index (χ1v) is 15.9. The minimum absolute atomic E-state index is 0.0792. The molecule has 0 spiro atoms. The summed E-state index contributed by atoms with van der Waals surface area (Å²) in [5, 5.41) is 17.2. The number of nitrogens with one attached hydrogen (secondary N) is 1. The monoisotopic (exact) mass is 639 g/mol. The van der Waals surface area contributed by atoms with Crippen molar-refractivity contribution >= 4 is 69.5 Å². The van der Waals surface area contributed by atoms with Crippen molar-refractivity contribution in [3.63, 3.8) is 0 Å². The number of amides is 2. The third kappa shape index (κ3) is 6.53. The Morgan fingerprint density at radius 1 is 1.16 bits per heavy atom. The fourth-order valence-electron chi connectivity index (χ4n) is 4.46. The molecule has 43 heavy (non-hydrogen) atoms. The van der Waals surface area contributed by atoms with Crippen molar-refractivity contribution in [3.05, 3.63) is 93.5 Å². The second-order valence-electron chi connectivity index (χ2n) is 9.12. The summed E-state index contributed by atoms with van der Waals surface area (Å²) in [5.74, 6) is -2.94. The number of aliphatic carboxylic acids is 1. The molecule has 0 bridgehead atoms. The maximum Gasteiger partial charge on any atom is 0.353 e. The highest BCUT2D eigenvalue weighted by atomic mass is 32.2. The predicted octanol–water partition coefficient (Wildman–Crippen LogP) is 2.84. The van der Waals surface area contributed by atoms with Crippen LogP contribution in [0.4, 0.5) is 5.13 Å². The number of benzene rings is 2. The fourth-order valence-corrected chi connectivity index (χ4v) is 7.25. The summed E-state index contributed by atoms with van der Waals surface area (Å²) in [6, 6.07) is 17.4. The van der Waals surface area contributed by atoms with Crippen molar-refractivity contribution in [2.75, 3.05) is 24.3 Å². The average Bonchev–Trinajstić information content (AvgIpc) is 3.46. The number of oxime groups is 1. The van der Waals surface area contributed by atoms with Crippen molar-refractivity contribution in [3.8, 4) is 0 Å². The quantitative estimate of drug-likeness (QED) is 0.122. The molecule has 3 aromatic rings. The van der Waals surface area contributed by atoms with Crippen LogP contribution in [0.3, 0.4) is 0 Å². The Morgan fingerprint density at radius 2 is 1.81 bits per heavy atom. The van der Waals surface area contributed by atoms with E-state index in [2.05, 4.69) is 15.5 Å². The fraction of sp³-hybridized carbons (Fsp3) is 0.214. The van der Waals surface area contributed by atoms with Crippen molar-refractivity contribution in [1.82, 2.24) is 15.2 Å². The molecule has 0 radical (unpaired) electrons. The number of esters is 1. The number of nitrogen functional groups attached to an aromatic ring is 1. The average molecular weight is 640 g/mol. The second kappa shape index (κ2) is 13.3. The van der Waals surface area contributed by atoms with Gasteiger partial charge in [0.2, 0.25) is 6.61 Å². The molecule has 2 atom stereocenters. The molecule has 1 fully saturated rings. The number of thiazole rings is 1. The van der Waals surface area contributed by atoms with Gasteiger partial charge in [0.05, 0.1) is 0 Å². The van der Waals surface area contributed by atoms with Gasteiger partial charge >= 0.3 is 11.9 Å². The van der Waals surface area contributed by atoms with Gasteiger partial charge in [0, 0.05) is 16.0 Å². The van der Waals surface area contributed by atoms with Crippen LogP contribution in [-0.4, -0.2) is 74.5 Å². The van der Waals surface area contributed by atoms with Crippen LogP contribution < -0.4 is 11.1 Å². The van der Waals surface area contributed by atoms with E-state index in [0.29, 0.717) is 10.7 Å². The van der Waals surface area contributed by atoms with E-state index in [9.17, 15) is 24.3 Å². The van der Waals surface area contributed by atoms with Gasteiger partial charge in [-0.05, 0) is 17.4 Å². The lowest BCUT2D eigenvalue weighted by Gasteiger charge is -2.49. The number of carbonyl (C=O) groups is 4. The molecule has 15 heteroatoms. The third-order valence-electron chi connectivity index (χ3n) is 6.44. The van der Waals surface area contributed by atoms with Gasteiger partial charge in [-0.1, -0.05) is 65.8 Å². The smallest absolute Gasteiger partial charge is 0.353 e. The van der Waals surface area contributed by atoms with Gasteiger partial charge < -0.3 is 25.7 Å². The zero-order chi connectivity index (χ0) is 30.5. The van der Waals surface area contributed by atoms with E-state index in [-0.39, 0.29) is 22.2 Å². The Bertz CT molecular complexity index is 1560. The van der Waals surface area contributed by atoms with Gasteiger partial charge in [0.1, 0.15) is 22.8 Å². The lowest BCUT2D eigenvalue weighted by molar-refractivity contribution is -0.153. The summed E-state index contributed by atoms with van der Waals surface area (Å²) < 4.78 is 5.71. The number of fused-ring (bicyclic) bond motifs is 1. The highest BCUT2D eigenvalue weighted by molar-refractivity contribution is 8.05. The molecular formula is C28H25N5O7S3. The predicted molar refractivity (Wildman–Crippen MR) is 163 cm³/mol. The molecule has 1 saturated heterocycles. The number of carboxylic acids is 1. The molecule has 3 heterocycles. The number of nitrogens with zero attached hydrogens (tertiary/aromatic N) is 3. The zero-order valence-corrected chi connectivity index (χ0v) is 25.0. The summed E-state index contributed by atoms with van der Waals surface area (Å²) in [6.45, 7) is -0.620. The minimum Gasteiger partial charge on any atom is -0.477 e. The van der Waals surface area contributed by atoms with E-state index < -0.39 is 47.9 Å². The number of carboxylic acid groups (broad SMARTS) is 1. The summed E-state index contributed by atoms with van der Waals surface area (Å²) in [6.07, 6.45) is 1.05. The van der Waals surface area contributed by atoms with E-state index >= 15 is 0 Å². The molecule has 2 amide bonds. The van der Waals surface area contributed by atoms with Crippen LogP contribution in [0.15, 0.2) is 81.8 Å². The lowest BCUT2D eigenvalue weighted by Crippen LogP contribution is -2.71. The molecule has 0 aliphatic carbocycles. The summed E-state index contributed by atoms with van der Waals surface area (Å²) in [7, 11) is 0. The molecule has 0 saturated carbocycles. The van der Waals surface area contributed by atoms with Crippen molar-refractivity contribution < 1.29 is 33.9 Å². The number of hydrogen-bond acceptors (Lipinski definition) is 12. The molecule has 12 nitrogen and oxygen atoms in total. The van der Waals surface area contributed by atoms with E-state index in [4.69, 9.17) is 15.3 Å². The third-order valence-corrected chi connectivity index (χ3v) is 9.41. The Labute approximate surface area is 258 Å². The number of anilines is 1. The summed E-state index contributed by atoms with van der Waals surface area (Å²) >= 11 is 3.66. The highest BCUT2D eigenvalue weighted by Crippen LogP contribution is 2.42. The molecule has 222 valence electrons. The molecule has 4 N–H and O–H groups in total. The number of hydrogen-bond donors (Lipinski definition) is 3. The number of carbonyl (C=O) groups excluding carboxylic acids is 3. The first-order chi connectivity index (χ1) is 20.8. The Morgan fingerprint density at radius 3 is 2.37 bits per heavy atom. The maximum atomic E-state index is 13.3. The van der Waals surface area contributed by atoms with E-state index in [1.165, 1.54) is 33.8 Å². The van der Waals surface area contributed by atoms with Crippen LogP contribution in [0.25, 0.3) is 0 Å². The van der Waals surface area contributed by atoms with Crippen LogP contribution >= 0.6 is 34.9 Å². The number of nitrogens with two attached hydrogens (primary N) is 1. The van der Waals surface area contributed by atoms with Gasteiger partial charge in [0.25, 0.3) is 11.8 Å². The van der Waals surface area contributed by atoms with Gasteiger partial charge in [0.15, 0.2) is 16.9 Å². The van der Waals surface area contributed by atoms with Crippen molar-refractivity contribution in [1.29, 1.82) is 0 Å². The van der Waals surface area contributed by atoms with Gasteiger partial charge in [-0.3, -0.25) is 14.5 Å². The Hall–Kier alpha value is -4.34. The van der Waals surface area contributed by atoms with E-state index in [0.717, 1.165) is 22.5 Å². The molecule has 5 rings (SSSR count). The minimum atomic E-state index is -1.21. The standard InChI is InChI=1S/C28H25N5O7S3/c1-41-18-14-42-26-21(25(36)33(26)22(18)27(37)38)31-24(35)20(17-13-43-28(29)30-17)32-39-12-19(34)40-23(15-8-4-2-5-9-15)16-10-6-3-7-11-16/h2-11,13,21,23,26H,12,14H2,1H3,(H2,29,30)(H,31,35)(H,37,38)/b32-20-/t21?,26-/m1/s1. The highest BCUT2D eigenvalue weighted by Gasteiger charge is 2.54. The second-order valence-corrected chi connectivity index (χ2v) is 12.0. The summed E-state index contributed by atoms with van der Waals surface area (Å²) in [4.78, 5) is 62.0. The zero-order valence-electron chi connectivity index (χ0n) is 22.5. The van der Waals surface area contributed by atoms with Crippen LogP contribution in [-0.2, 0) is 28.8 Å². The maximum absolute atomic E-state index is 13.3. The number of ether oxygens (including phenoxy) is 1. The lowest BCUT2D eigenvalue weighted by atomic mass is 10.0. The molecule has 1 unspecified atom stereocenters. The van der Waals surface area contributed by atoms with Gasteiger partial charge in [-0.25, -0.2) is 14.6 Å². The molecule has 2 aliphatic heterocycles. The normalized spacial score (nSPS) is 18.1. The molecular weight excluding hydrogens is 615 g/mol. The number of rotatable bonds is 11. The van der Waals surface area contributed by atoms with Crippen LogP contribution in [0.5, 0.6) is 0 Å². The number of thioether (sulfide) groups is 2. The molecule has 1 aromatic heterocycles. The summed E-state index contributed by atoms with van der Waals surface area (Å²) in [5.41, 5.74) is 6.96. The van der Waals surface area contributed by atoms with Crippen molar-refractivity contribution in [2.24, 2.45) is 5.16 Å². The van der Waals surface area contributed by atoms with E-state index in [1.807, 2.05) is 60.7 Å². The van der Waals surface area contributed by atoms with Crippen LogP contribution in [0.2, 0.25) is 0 Å². The van der Waals surface area contributed by atoms with Crippen LogP contribution in [0, 0.1) is 0 Å². The van der Waals surface area contributed by atoms with Crippen LogP contribution in [0.1, 0.15) is 22.9 Å². The molecule has 2 aromatic carbocycles. The van der Waals surface area contributed by atoms with Gasteiger partial charge in [-0.2, -0.15) is 0 Å². The largest absolute Gasteiger partial charge is 0.477 e. The van der Waals surface area contributed by atoms with Gasteiger partial charge in [-0.15, -0.1) is 34.9 Å². The number of β-lactam (4-membered cyclic amide) rings is 1. The van der Waals surface area contributed by atoms with Crippen molar-refractivity contribution in [2.45, 2.75) is 17.5 Å². The Balaban J connectivity index is 1.28. The molecule has 2 aliphatic rings.